The Kier molecular flexibility index (Phi) is 7.26. The fourth-order valence-electron chi connectivity index (χ4n) is 4.73. The molecule has 1 N–H and O–H groups in total. The van der Waals surface area contributed by atoms with Crippen LogP contribution in [0.2, 0.25) is 0 Å². The molecule has 0 aliphatic rings. The van der Waals surface area contributed by atoms with E-state index < -0.39 is 0 Å². The zero-order valence-electron chi connectivity index (χ0n) is 21.5. The Labute approximate surface area is 220 Å². The Morgan fingerprint density at radius 1 is 1.05 bits per heavy atom. The normalized spacial score (nSPS) is 11.1. The molecule has 0 saturated carbocycles. The number of hydrogen-bond acceptors (Lipinski definition) is 6. The molecule has 1 aromatic carbocycles. The summed E-state index contributed by atoms with van der Waals surface area (Å²) in [6.07, 6.45) is 11.0. The first-order valence-corrected chi connectivity index (χ1v) is 12.8. The molecule has 4 aromatic heterocycles. The summed E-state index contributed by atoms with van der Waals surface area (Å²) in [6, 6.07) is 13.9. The number of pyridine rings is 1. The van der Waals surface area contributed by atoms with Gasteiger partial charge < -0.3 is 4.57 Å². The zero-order valence-corrected chi connectivity index (χ0v) is 21.5. The van der Waals surface area contributed by atoms with E-state index >= 15 is 0 Å². The average molecular weight is 508 g/mol. The summed E-state index contributed by atoms with van der Waals surface area (Å²) in [5.74, 6) is 1.16. The molecule has 10 heteroatoms. The maximum atomic E-state index is 13.9. The lowest BCUT2D eigenvalue weighted by molar-refractivity contribution is 0.644. The number of hydrogen-bond donors (Lipinski definition) is 1. The molecule has 0 unspecified atom stereocenters. The van der Waals surface area contributed by atoms with Crippen molar-refractivity contribution in [2.24, 2.45) is 0 Å². The molecule has 10 nitrogen and oxygen atoms in total. The molecule has 4 heterocycles. The van der Waals surface area contributed by atoms with E-state index in [1.54, 1.807) is 16.8 Å². The van der Waals surface area contributed by atoms with Gasteiger partial charge in [0.1, 0.15) is 11.9 Å². The lowest BCUT2D eigenvalue weighted by atomic mass is 10.00. The summed E-state index contributed by atoms with van der Waals surface area (Å²) in [4.78, 5) is 18.2. The van der Waals surface area contributed by atoms with Crippen LogP contribution in [0.4, 0.5) is 0 Å². The molecule has 0 fully saturated rings. The largest absolute Gasteiger partial charge is 0.334 e. The molecule has 0 atom stereocenters. The average Bonchev–Trinajstić information content (AvgIpc) is 3.69. The Morgan fingerprint density at radius 2 is 1.87 bits per heavy atom. The van der Waals surface area contributed by atoms with Crippen molar-refractivity contribution in [3.63, 3.8) is 0 Å². The molecule has 0 radical (unpaired) electrons. The van der Waals surface area contributed by atoms with Gasteiger partial charge in [-0.3, -0.25) is 14.1 Å². The number of nitriles is 1. The van der Waals surface area contributed by atoms with Crippen LogP contribution in [0, 0.1) is 11.3 Å². The lowest BCUT2D eigenvalue weighted by Crippen LogP contribution is -2.26. The second-order valence-electron chi connectivity index (χ2n) is 9.17. The number of aryl methyl sites for hydroxylation is 2. The number of unbranched alkanes of at least 4 members (excludes halogenated alkanes) is 1. The number of rotatable bonds is 10. The van der Waals surface area contributed by atoms with E-state index in [9.17, 15) is 10.1 Å². The smallest absolute Gasteiger partial charge is 0.333 e. The predicted molar refractivity (Wildman–Crippen MR) is 144 cm³/mol. The third kappa shape index (κ3) is 4.78. The van der Waals surface area contributed by atoms with Crippen LogP contribution in [-0.4, -0.2) is 39.3 Å². The van der Waals surface area contributed by atoms with Crippen LogP contribution in [-0.2, 0) is 19.5 Å². The highest BCUT2D eigenvalue weighted by atomic mass is 16.1. The number of H-pyrrole nitrogens is 1. The van der Waals surface area contributed by atoms with Crippen LogP contribution in [0.15, 0.2) is 66.0 Å². The van der Waals surface area contributed by atoms with Crippen LogP contribution >= 0.6 is 0 Å². The van der Waals surface area contributed by atoms with E-state index in [0.717, 1.165) is 60.2 Å². The van der Waals surface area contributed by atoms with E-state index in [4.69, 9.17) is 0 Å². The van der Waals surface area contributed by atoms with E-state index in [1.807, 2.05) is 58.1 Å². The minimum atomic E-state index is -0.161. The van der Waals surface area contributed by atoms with Crippen molar-refractivity contribution in [3.05, 3.63) is 88.5 Å². The van der Waals surface area contributed by atoms with Gasteiger partial charge in [-0.2, -0.15) is 10.5 Å². The second kappa shape index (κ2) is 11.1. The first kappa shape index (κ1) is 24.9. The first-order chi connectivity index (χ1) is 18.6. The van der Waals surface area contributed by atoms with Crippen LogP contribution in [0.25, 0.3) is 28.3 Å². The van der Waals surface area contributed by atoms with Gasteiger partial charge in [0.05, 0.1) is 12.1 Å². The minimum Gasteiger partial charge on any atom is -0.333 e. The second-order valence-corrected chi connectivity index (χ2v) is 9.17. The molecular formula is C28H29N9O. The predicted octanol–water partition coefficient (Wildman–Crippen LogP) is 4.36. The van der Waals surface area contributed by atoms with Gasteiger partial charge in [-0.05, 0) is 53.3 Å². The Bertz CT molecular complexity index is 1620. The standard InChI is InChI=1S/C28H29N9O/c1-3-5-6-24-19-37(27-22(16-29)12-15-35(27)14-4-2)28(38)36(24)18-23-17-30-13-11-25(23)20-7-9-21(10-8-20)26-31-33-34-32-26/h7-13,15,17,19H,3-6,14,18H2,1-2H3,(H,31,32,33,34). The number of imidazole rings is 1. The van der Waals surface area contributed by atoms with Gasteiger partial charge in [-0.25, -0.2) is 4.79 Å². The van der Waals surface area contributed by atoms with Gasteiger partial charge in [0, 0.05) is 42.6 Å². The number of aromatic nitrogens is 8. The van der Waals surface area contributed by atoms with Gasteiger partial charge in [-0.15, -0.1) is 10.2 Å². The Morgan fingerprint density at radius 3 is 2.58 bits per heavy atom. The van der Waals surface area contributed by atoms with Crippen molar-refractivity contribution in [2.75, 3.05) is 0 Å². The van der Waals surface area contributed by atoms with E-state index in [0.29, 0.717) is 23.8 Å². The molecule has 5 rings (SSSR count). The maximum Gasteiger partial charge on any atom is 0.334 e. The third-order valence-electron chi connectivity index (χ3n) is 6.63. The molecule has 0 spiro atoms. The van der Waals surface area contributed by atoms with Gasteiger partial charge >= 0.3 is 5.69 Å². The molecule has 0 aliphatic carbocycles. The summed E-state index contributed by atoms with van der Waals surface area (Å²) in [6.45, 7) is 5.31. The minimum absolute atomic E-state index is 0.161. The molecule has 0 aliphatic heterocycles. The highest BCUT2D eigenvalue weighted by Gasteiger charge is 2.19. The molecule has 5 aromatic rings. The summed E-state index contributed by atoms with van der Waals surface area (Å²) in [5, 5.41) is 23.9. The van der Waals surface area contributed by atoms with E-state index in [1.165, 1.54) is 0 Å². The number of nitrogens with zero attached hydrogens (tertiary/aromatic N) is 8. The monoisotopic (exact) mass is 507 g/mol. The SMILES string of the molecule is CCCCc1cn(-c2c(C#N)ccn2CCC)c(=O)n1Cc1cnccc1-c1ccc(-c2nn[nH]n2)cc1. The molecule has 38 heavy (non-hydrogen) atoms. The lowest BCUT2D eigenvalue weighted by Gasteiger charge is -2.12. The van der Waals surface area contributed by atoms with Crippen LogP contribution < -0.4 is 5.69 Å². The van der Waals surface area contributed by atoms with Crippen LogP contribution in [0.1, 0.15) is 49.9 Å². The molecule has 0 amide bonds. The van der Waals surface area contributed by atoms with Gasteiger partial charge in [0.25, 0.3) is 0 Å². The quantitative estimate of drug-likeness (QED) is 0.300. The maximum absolute atomic E-state index is 13.9. The van der Waals surface area contributed by atoms with Crippen molar-refractivity contribution in [1.29, 1.82) is 5.26 Å². The van der Waals surface area contributed by atoms with Crippen molar-refractivity contribution < 1.29 is 0 Å². The summed E-state index contributed by atoms with van der Waals surface area (Å²) >= 11 is 0. The highest BCUT2D eigenvalue weighted by molar-refractivity contribution is 5.70. The van der Waals surface area contributed by atoms with Crippen molar-refractivity contribution in [2.45, 2.75) is 52.6 Å². The van der Waals surface area contributed by atoms with Gasteiger partial charge in [0.2, 0.25) is 5.82 Å². The molecular weight excluding hydrogens is 478 g/mol. The van der Waals surface area contributed by atoms with Crippen LogP contribution in [0.3, 0.4) is 0 Å². The molecule has 192 valence electrons. The van der Waals surface area contributed by atoms with Crippen molar-refractivity contribution in [1.82, 2.24) is 39.3 Å². The summed E-state index contributed by atoms with van der Waals surface area (Å²) in [7, 11) is 0. The molecule has 0 bridgehead atoms. The fraction of sp³-hybridized carbons (Fsp3) is 0.286. The number of tetrazole rings is 1. The number of benzene rings is 1. The number of aromatic amines is 1. The van der Waals surface area contributed by atoms with Crippen molar-refractivity contribution in [3.8, 4) is 34.4 Å². The summed E-state index contributed by atoms with van der Waals surface area (Å²) in [5.41, 5.74) is 5.05. The third-order valence-corrected chi connectivity index (χ3v) is 6.63. The topological polar surface area (TPSA) is 123 Å². The Hall–Kier alpha value is -4.78. The zero-order chi connectivity index (χ0) is 26.5. The Balaban J connectivity index is 1.56. The van der Waals surface area contributed by atoms with Crippen molar-refractivity contribution >= 4 is 0 Å². The summed E-state index contributed by atoms with van der Waals surface area (Å²) < 4.78 is 5.43. The first-order valence-electron chi connectivity index (χ1n) is 12.8. The fourth-order valence-corrected chi connectivity index (χ4v) is 4.73. The van der Waals surface area contributed by atoms with Gasteiger partial charge in [-0.1, -0.05) is 44.5 Å². The van der Waals surface area contributed by atoms with Gasteiger partial charge in [0.15, 0.2) is 0 Å². The highest BCUT2D eigenvalue weighted by Crippen LogP contribution is 2.26. The van der Waals surface area contributed by atoms with Crippen LogP contribution in [0.5, 0.6) is 0 Å². The van der Waals surface area contributed by atoms with E-state index in [2.05, 4.69) is 45.5 Å². The van der Waals surface area contributed by atoms with E-state index in [-0.39, 0.29) is 5.69 Å². The molecule has 0 saturated heterocycles. The number of nitrogens with one attached hydrogen (secondary N) is 1.